The van der Waals surface area contributed by atoms with E-state index in [-0.39, 0.29) is 24.5 Å². The third-order valence-electron chi connectivity index (χ3n) is 5.02. The SMILES string of the molecule is Cc1ccc(-c2noc(CCC(=O)Nc3nc(CN4CC(C)OC(C)C4)cs3)n2)cc1. The van der Waals surface area contributed by atoms with E-state index in [0.29, 0.717) is 23.3 Å². The summed E-state index contributed by atoms with van der Waals surface area (Å²) >= 11 is 1.44. The van der Waals surface area contributed by atoms with Crippen molar-refractivity contribution in [3.63, 3.8) is 0 Å². The van der Waals surface area contributed by atoms with Crippen LogP contribution in [0.25, 0.3) is 11.4 Å². The first kappa shape index (κ1) is 21.6. The van der Waals surface area contributed by atoms with Gasteiger partial charge in [0.15, 0.2) is 5.13 Å². The largest absolute Gasteiger partial charge is 0.373 e. The molecule has 0 bridgehead atoms. The third kappa shape index (κ3) is 5.96. The monoisotopic (exact) mass is 441 g/mol. The number of rotatable bonds is 7. The Labute approximate surface area is 185 Å². The van der Waals surface area contributed by atoms with E-state index in [1.54, 1.807) is 0 Å². The second-order valence-electron chi connectivity index (χ2n) is 8.02. The van der Waals surface area contributed by atoms with E-state index in [9.17, 15) is 4.79 Å². The molecular formula is C22H27N5O3S. The molecule has 2 unspecified atom stereocenters. The number of benzene rings is 1. The van der Waals surface area contributed by atoms with E-state index < -0.39 is 0 Å². The topological polar surface area (TPSA) is 93.4 Å². The summed E-state index contributed by atoms with van der Waals surface area (Å²) in [6.45, 7) is 8.73. The third-order valence-corrected chi connectivity index (χ3v) is 5.83. The Balaban J connectivity index is 1.25. The molecule has 2 atom stereocenters. The Morgan fingerprint density at radius 1 is 1.19 bits per heavy atom. The molecule has 9 heteroatoms. The van der Waals surface area contributed by atoms with Crippen LogP contribution in [0.15, 0.2) is 34.2 Å². The fourth-order valence-electron chi connectivity index (χ4n) is 3.66. The Hall–Kier alpha value is -2.62. The molecule has 1 N–H and O–H groups in total. The highest BCUT2D eigenvalue weighted by Crippen LogP contribution is 2.20. The van der Waals surface area contributed by atoms with E-state index in [2.05, 4.69) is 39.2 Å². The highest BCUT2D eigenvalue weighted by Gasteiger charge is 2.23. The van der Waals surface area contributed by atoms with Crippen LogP contribution >= 0.6 is 11.3 Å². The van der Waals surface area contributed by atoms with Gasteiger partial charge in [-0.2, -0.15) is 4.98 Å². The first-order valence-corrected chi connectivity index (χ1v) is 11.3. The van der Waals surface area contributed by atoms with Gasteiger partial charge in [-0.25, -0.2) is 4.98 Å². The minimum absolute atomic E-state index is 0.121. The van der Waals surface area contributed by atoms with Gasteiger partial charge < -0.3 is 14.6 Å². The van der Waals surface area contributed by atoms with Crippen molar-refractivity contribution in [3.8, 4) is 11.4 Å². The van der Waals surface area contributed by atoms with Crippen molar-refractivity contribution in [2.75, 3.05) is 18.4 Å². The first-order valence-electron chi connectivity index (χ1n) is 10.5. The molecule has 1 aliphatic rings. The lowest BCUT2D eigenvalue weighted by Crippen LogP contribution is -2.44. The number of ether oxygens (including phenoxy) is 1. The molecule has 164 valence electrons. The molecule has 1 aliphatic heterocycles. The van der Waals surface area contributed by atoms with Crippen LogP contribution in [-0.2, 0) is 22.5 Å². The highest BCUT2D eigenvalue weighted by atomic mass is 32.1. The molecule has 1 amide bonds. The maximum atomic E-state index is 12.3. The summed E-state index contributed by atoms with van der Waals surface area (Å²) in [4.78, 5) is 23.6. The molecule has 31 heavy (non-hydrogen) atoms. The van der Waals surface area contributed by atoms with Gasteiger partial charge in [-0.3, -0.25) is 9.69 Å². The van der Waals surface area contributed by atoms with Crippen molar-refractivity contribution in [3.05, 3.63) is 46.8 Å². The van der Waals surface area contributed by atoms with E-state index in [1.807, 2.05) is 36.6 Å². The van der Waals surface area contributed by atoms with Gasteiger partial charge in [0.2, 0.25) is 17.6 Å². The number of thiazole rings is 1. The van der Waals surface area contributed by atoms with Gasteiger partial charge in [0.1, 0.15) is 0 Å². The Bertz CT molecular complexity index is 1010. The predicted molar refractivity (Wildman–Crippen MR) is 119 cm³/mol. The quantitative estimate of drug-likeness (QED) is 0.598. The molecule has 1 fully saturated rings. The van der Waals surface area contributed by atoms with Crippen LogP contribution in [0.2, 0.25) is 0 Å². The van der Waals surface area contributed by atoms with Crippen molar-refractivity contribution in [1.29, 1.82) is 0 Å². The lowest BCUT2D eigenvalue weighted by Gasteiger charge is -2.34. The van der Waals surface area contributed by atoms with Crippen LogP contribution in [0.5, 0.6) is 0 Å². The van der Waals surface area contributed by atoms with Crippen LogP contribution in [0.4, 0.5) is 5.13 Å². The van der Waals surface area contributed by atoms with Crippen LogP contribution in [0.1, 0.15) is 37.4 Å². The number of hydrogen-bond donors (Lipinski definition) is 1. The maximum Gasteiger partial charge on any atom is 0.227 e. The zero-order valence-electron chi connectivity index (χ0n) is 18.0. The summed E-state index contributed by atoms with van der Waals surface area (Å²) in [6, 6.07) is 7.91. The van der Waals surface area contributed by atoms with Crippen molar-refractivity contribution in [2.24, 2.45) is 0 Å². The van der Waals surface area contributed by atoms with Crippen molar-refractivity contribution in [1.82, 2.24) is 20.0 Å². The summed E-state index contributed by atoms with van der Waals surface area (Å²) in [7, 11) is 0. The van der Waals surface area contributed by atoms with E-state index in [4.69, 9.17) is 9.26 Å². The molecule has 8 nitrogen and oxygen atoms in total. The van der Waals surface area contributed by atoms with Gasteiger partial charge in [0, 0.05) is 43.4 Å². The van der Waals surface area contributed by atoms with E-state index >= 15 is 0 Å². The minimum atomic E-state index is -0.121. The van der Waals surface area contributed by atoms with Crippen molar-refractivity contribution in [2.45, 2.75) is 52.4 Å². The first-order chi connectivity index (χ1) is 14.9. The standard InChI is InChI=1S/C22H27N5O3S/c1-14-4-6-17(7-5-14)21-25-20(30-26-21)9-8-19(28)24-22-23-18(13-31-22)12-27-10-15(2)29-16(3)11-27/h4-7,13,15-16H,8-12H2,1-3H3,(H,23,24,28). The molecule has 3 heterocycles. The molecule has 0 radical (unpaired) electrons. The molecule has 2 aromatic heterocycles. The van der Waals surface area contributed by atoms with Gasteiger partial charge in [-0.15, -0.1) is 11.3 Å². The average Bonchev–Trinajstić information content (AvgIpc) is 3.36. The van der Waals surface area contributed by atoms with Gasteiger partial charge in [0.05, 0.1) is 17.9 Å². The maximum absolute atomic E-state index is 12.3. The normalized spacial score (nSPS) is 19.5. The lowest BCUT2D eigenvalue weighted by atomic mass is 10.1. The smallest absolute Gasteiger partial charge is 0.227 e. The van der Waals surface area contributed by atoms with Crippen molar-refractivity contribution >= 4 is 22.4 Å². The molecular weight excluding hydrogens is 414 g/mol. The summed E-state index contributed by atoms with van der Waals surface area (Å²) in [5.74, 6) is 0.859. The molecule has 0 spiro atoms. The summed E-state index contributed by atoms with van der Waals surface area (Å²) in [5.41, 5.74) is 3.02. The van der Waals surface area contributed by atoms with Gasteiger partial charge in [0.25, 0.3) is 0 Å². The fraction of sp³-hybridized carbons (Fsp3) is 0.455. The number of aryl methyl sites for hydroxylation is 2. The Morgan fingerprint density at radius 3 is 2.68 bits per heavy atom. The number of carbonyl (C=O) groups is 1. The number of nitrogens with one attached hydrogen (secondary N) is 1. The summed E-state index contributed by atoms with van der Waals surface area (Å²) in [5, 5.41) is 9.48. The van der Waals surface area contributed by atoms with Crippen LogP contribution in [-0.4, -0.2) is 51.2 Å². The molecule has 0 saturated carbocycles. The predicted octanol–water partition coefficient (Wildman–Crippen LogP) is 3.68. The molecule has 1 saturated heterocycles. The number of aromatic nitrogens is 3. The highest BCUT2D eigenvalue weighted by molar-refractivity contribution is 7.13. The zero-order valence-corrected chi connectivity index (χ0v) is 18.8. The minimum Gasteiger partial charge on any atom is -0.373 e. The van der Waals surface area contributed by atoms with Gasteiger partial charge >= 0.3 is 0 Å². The average molecular weight is 442 g/mol. The number of amides is 1. The van der Waals surface area contributed by atoms with E-state index in [0.717, 1.165) is 30.9 Å². The van der Waals surface area contributed by atoms with Crippen LogP contribution in [0.3, 0.4) is 0 Å². The van der Waals surface area contributed by atoms with E-state index in [1.165, 1.54) is 16.9 Å². The number of nitrogens with zero attached hydrogens (tertiary/aromatic N) is 4. The molecule has 3 aromatic rings. The van der Waals surface area contributed by atoms with Crippen LogP contribution < -0.4 is 5.32 Å². The Kier molecular flexibility index (Phi) is 6.74. The van der Waals surface area contributed by atoms with Gasteiger partial charge in [-0.1, -0.05) is 35.0 Å². The second kappa shape index (κ2) is 9.67. The lowest BCUT2D eigenvalue weighted by molar-refractivity contribution is -0.116. The molecule has 1 aromatic carbocycles. The van der Waals surface area contributed by atoms with Crippen LogP contribution in [0, 0.1) is 6.92 Å². The second-order valence-corrected chi connectivity index (χ2v) is 8.88. The van der Waals surface area contributed by atoms with Gasteiger partial charge in [-0.05, 0) is 20.8 Å². The molecule has 4 rings (SSSR count). The summed E-state index contributed by atoms with van der Waals surface area (Å²) in [6.07, 6.45) is 1.07. The number of hydrogen-bond acceptors (Lipinski definition) is 8. The Morgan fingerprint density at radius 2 is 1.94 bits per heavy atom. The number of morpholine rings is 1. The number of carbonyl (C=O) groups excluding carboxylic acids is 1. The zero-order chi connectivity index (χ0) is 21.8. The summed E-state index contributed by atoms with van der Waals surface area (Å²) < 4.78 is 11.1. The molecule has 0 aliphatic carbocycles. The fourth-order valence-corrected chi connectivity index (χ4v) is 4.38. The number of anilines is 1. The van der Waals surface area contributed by atoms with Crippen molar-refractivity contribution < 1.29 is 14.1 Å².